The van der Waals surface area contributed by atoms with Crippen LogP contribution in [0.1, 0.15) is 38.8 Å². The number of amides is 1. The summed E-state index contributed by atoms with van der Waals surface area (Å²) >= 11 is 1.44. The minimum atomic E-state index is -1.02. The molecule has 4 heterocycles. The highest BCUT2D eigenvalue weighted by molar-refractivity contribution is 7.98. The van der Waals surface area contributed by atoms with Gasteiger partial charge in [-0.2, -0.15) is 0 Å². The van der Waals surface area contributed by atoms with Crippen LogP contribution in [0, 0.1) is 11.6 Å². The first-order valence-electron chi connectivity index (χ1n) is 12.4. The van der Waals surface area contributed by atoms with Crippen molar-refractivity contribution in [3.8, 4) is 5.75 Å². The maximum absolute atomic E-state index is 15.1. The summed E-state index contributed by atoms with van der Waals surface area (Å²) in [6.45, 7) is -0.368. The fourth-order valence-electron chi connectivity index (χ4n) is 5.22. The van der Waals surface area contributed by atoms with E-state index in [-0.39, 0.29) is 35.9 Å². The summed E-state index contributed by atoms with van der Waals surface area (Å²) in [6.07, 6.45) is -0.942. The first kappa shape index (κ1) is 26.1. The molecule has 208 valence electrons. The van der Waals surface area contributed by atoms with E-state index in [4.69, 9.17) is 14.2 Å². The molecule has 0 spiro atoms. The number of aromatic nitrogens is 1. The molecule has 10 nitrogen and oxygen atoms in total. The normalized spacial score (nSPS) is 19.3. The van der Waals surface area contributed by atoms with E-state index in [9.17, 15) is 18.8 Å². The summed E-state index contributed by atoms with van der Waals surface area (Å²) in [7, 11) is 1.12. The lowest BCUT2D eigenvalue weighted by atomic mass is 9.90. The predicted octanol–water partition coefficient (Wildman–Crippen LogP) is 3.54. The van der Waals surface area contributed by atoms with Gasteiger partial charge in [-0.1, -0.05) is 18.2 Å². The van der Waals surface area contributed by atoms with Crippen LogP contribution in [-0.4, -0.2) is 54.9 Å². The molecule has 3 aliphatic rings. The van der Waals surface area contributed by atoms with E-state index in [0.717, 1.165) is 23.6 Å². The van der Waals surface area contributed by atoms with Crippen molar-refractivity contribution < 1.29 is 37.3 Å². The second-order valence-corrected chi connectivity index (χ2v) is 10.3. The molecule has 1 N–H and O–H groups in total. The highest BCUT2D eigenvalue weighted by atomic mass is 32.2. The Morgan fingerprint density at radius 3 is 2.85 bits per heavy atom. The fraction of sp³-hybridized carbons (Fsp3) is 0.296. The average molecular weight is 572 g/mol. The largest absolute Gasteiger partial charge is 0.510 e. The molecule has 1 saturated heterocycles. The lowest BCUT2D eigenvalue weighted by Crippen LogP contribution is -2.60. The molecule has 1 aromatic heterocycles. The monoisotopic (exact) mass is 571 g/mol. The molecule has 0 aliphatic carbocycles. The molecule has 3 aromatic rings. The number of thioether (sulfide) groups is 1. The third kappa shape index (κ3) is 4.44. The Balaban J connectivity index is 1.39. The molecule has 2 atom stereocenters. The van der Waals surface area contributed by atoms with Gasteiger partial charge in [-0.15, -0.1) is 11.8 Å². The van der Waals surface area contributed by atoms with Crippen molar-refractivity contribution in [1.82, 2.24) is 9.58 Å². The lowest BCUT2D eigenvalue weighted by molar-refractivity contribution is -0.0608. The van der Waals surface area contributed by atoms with Gasteiger partial charge in [0.05, 0.1) is 13.7 Å². The highest BCUT2D eigenvalue weighted by Crippen LogP contribution is 2.41. The zero-order chi connectivity index (χ0) is 28.0. The molecule has 40 heavy (non-hydrogen) atoms. The Morgan fingerprint density at radius 2 is 2.02 bits per heavy atom. The third-order valence-corrected chi connectivity index (χ3v) is 8.22. The zero-order valence-corrected chi connectivity index (χ0v) is 22.0. The second kappa shape index (κ2) is 10.5. The Morgan fingerprint density at radius 1 is 1.20 bits per heavy atom. The maximum atomic E-state index is 15.1. The van der Waals surface area contributed by atoms with Gasteiger partial charge in [-0.3, -0.25) is 14.3 Å². The van der Waals surface area contributed by atoms with E-state index >= 15 is 4.39 Å². The van der Waals surface area contributed by atoms with Crippen LogP contribution in [0.25, 0.3) is 0 Å². The lowest BCUT2D eigenvalue weighted by Gasteiger charge is -2.46. The Kier molecular flexibility index (Phi) is 6.84. The van der Waals surface area contributed by atoms with E-state index in [2.05, 4.69) is 10.2 Å². The molecule has 1 amide bonds. The van der Waals surface area contributed by atoms with Gasteiger partial charge in [0, 0.05) is 35.0 Å². The quantitative estimate of drug-likeness (QED) is 0.372. The van der Waals surface area contributed by atoms with E-state index in [1.807, 2.05) is 24.3 Å². The number of hydrogen-bond acceptors (Lipinski definition) is 9. The van der Waals surface area contributed by atoms with Crippen LogP contribution in [0.4, 0.5) is 13.6 Å². The molecule has 2 aromatic carbocycles. The summed E-state index contributed by atoms with van der Waals surface area (Å²) in [4.78, 5) is 40.0. The van der Waals surface area contributed by atoms with Crippen LogP contribution in [-0.2, 0) is 26.4 Å². The van der Waals surface area contributed by atoms with Gasteiger partial charge in [-0.25, -0.2) is 13.6 Å². The second-order valence-electron chi connectivity index (χ2n) is 9.24. The van der Waals surface area contributed by atoms with Crippen molar-refractivity contribution in [2.24, 2.45) is 0 Å². The average Bonchev–Trinajstić information content (AvgIpc) is 3.16. The molecule has 0 radical (unpaired) electrons. The minimum absolute atomic E-state index is 0.104. The number of pyridine rings is 1. The molecule has 1 fully saturated rings. The van der Waals surface area contributed by atoms with Crippen LogP contribution in [0.2, 0.25) is 0 Å². The predicted molar refractivity (Wildman–Crippen MR) is 138 cm³/mol. The SMILES string of the molecule is COC(=O)OCOc1c2n(ccc1=O)N[C@@H]1C(c3cc(F)c(F)c4c3Cc3ccccc3SC4)OCCN1C2=O. The number of nitrogens with one attached hydrogen (secondary N) is 1. The zero-order valence-electron chi connectivity index (χ0n) is 21.1. The van der Waals surface area contributed by atoms with Crippen molar-refractivity contribution in [2.45, 2.75) is 29.3 Å². The Bertz CT molecular complexity index is 1580. The molecule has 1 unspecified atom stereocenters. The number of nitrogens with zero attached hydrogens (tertiary/aromatic N) is 2. The standard InChI is InChI=1S/C27H23F2N3O7S/c1-36-27(35)39-13-38-24-19(33)6-7-32-22(24)26(34)31-8-9-37-23(25(31)30-32)16-11-18(28)21(29)17-12-40-20-5-3-2-4-14(20)10-15(16)17/h2-7,11,23,25,30H,8-10,12-13H2,1H3/t23?,25-/m0/s1. The molecular formula is C27H23F2N3O7S. The van der Waals surface area contributed by atoms with E-state index < -0.39 is 48.2 Å². The number of halogens is 2. The van der Waals surface area contributed by atoms with Crippen molar-refractivity contribution in [3.05, 3.63) is 92.4 Å². The maximum Gasteiger partial charge on any atom is 0.510 e. The molecule has 0 bridgehead atoms. The van der Waals surface area contributed by atoms with Crippen molar-refractivity contribution in [1.29, 1.82) is 0 Å². The minimum Gasteiger partial charge on any atom is -0.451 e. The van der Waals surface area contributed by atoms with Crippen LogP contribution in [0.5, 0.6) is 5.75 Å². The van der Waals surface area contributed by atoms with Gasteiger partial charge in [0.25, 0.3) is 5.91 Å². The summed E-state index contributed by atoms with van der Waals surface area (Å²) < 4.78 is 51.9. The summed E-state index contributed by atoms with van der Waals surface area (Å²) in [5.74, 6) is -2.50. The molecular weight excluding hydrogens is 548 g/mol. The van der Waals surface area contributed by atoms with E-state index in [1.165, 1.54) is 33.6 Å². The number of ether oxygens (including phenoxy) is 4. The number of rotatable bonds is 4. The summed E-state index contributed by atoms with van der Waals surface area (Å²) in [5, 5.41) is 0. The van der Waals surface area contributed by atoms with Crippen LogP contribution in [0.3, 0.4) is 0 Å². The Hall–Kier alpha value is -4.10. The van der Waals surface area contributed by atoms with Crippen molar-refractivity contribution in [3.63, 3.8) is 0 Å². The van der Waals surface area contributed by atoms with Crippen LogP contribution < -0.4 is 15.6 Å². The Labute approximate surface area is 230 Å². The van der Waals surface area contributed by atoms with E-state index in [1.54, 1.807) is 0 Å². The van der Waals surface area contributed by atoms with Gasteiger partial charge in [0.15, 0.2) is 17.3 Å². The molecule has 6 rings (SSSR count). The smallest absolute Gasteiger partial charge is 0.451 e. The van der Waals surface area contributed by atoms with E-state index in [0.29, 0.717) is 17.5 Å². The fourth-order valence-corrected chi connectivity index (χ4v) is 6.32. The third-order valence-electron chi connectivity index (χ3n) is 7.08. The highest BCUT2D eigenvalue weighted by Gasteiger charge is 2.44. The summed E-state index contributed by atoms with van der Waals surface area (Å²) in [5.41, 5.74) is 4.76. The first-order chi connectivity index (χ1) is 19.4. The number of methoxy groups -OCH3 is 1. The van der Waals surface area contributed by atoms with Crippen molar-refractivity contribution >= 4 is 23.8 Å². The van der Waals surface area contributed by atoms with Crippen molar-refractivity contribution in [2.75, 3.05) is 32.5 Å². The number of carbonyl (C=O) groups excluding carboxylic acids is 2. The number of benzene rings is 2. The van der Waals surface area contributed by atoms with Crippen LogP contribution in [0.15, 0.2) is 52.3 Å². The molecule has 0 saturated carbocycles. The number of morpholine rings is 1. The number of fused-ring (bicyclic) bond motifs is 4. The summed E-state index contributed by atoms with van der Waals surface area (Å²) in [6, 6.07) is 10.0. The molecule has 13 heteroatoms. The van der Waals surface area contributed by atoms with Gasteiger partial charge >= 0.3 is 6.16 Å². The molecule has 3 aliphatic heterocycles. The topological polar surface area (TPSA) is 108 Å². The first-order valence-corrected chi connectivity index (χ1v) is 13.3. The van der Waals surface area contributed by atoms with Gasteiger partial charge in [-0.05, 0) is 35.2 Å². The van der Waals surface area contributed by atoms with Gasteiger partial charge in [0.2, 0.25) is 18.0 Å². The van der Waals surface area contributed by atoms with Gasteiger partial charge < -0.3 is 29.3 Å². The van der Waals surface area contributed by atoms with Gasteiger partial charge in [0.1, 0.15) is 12.3 Å². The van der Waals surface area contributed by atoms with Crippen LogP contribution >= 0.6 is 11.8 Å². The number of carbonyl (C=O) groups is 2. The number of hydrogen-bond donors (Lipinski definition) is 1.